The zero-order valence-corrected chi connectivity index (χ0v) is 10.1. The van der Waals surface area contributed by atoms with Crippen molar-refractivity contribution in [2.45, 2.75) is 12.8 Å². The van der Waals surface area contributed by atoms with E-state index < -0.39 is 0 Å². The van der Waals surface area contributed by atoms with Crippen LogP contribution in [-0.4, -0.2) is 29.6 Å². The molecule has 1 aromatic carbocycles. The molecule has 1 saturated heterocycles. The Morgan fingerprint density at radius 1 is 1.33 bits per heavy atom. The minimum absolute atomic E-state index is 0.125. The molecule has 1 fully saturated rings. The molecule has 1 aromatic heterocycles. The van der Waals surface area contributed by atoms with E-state index in [4.69, 9.17) is 0 Å². The highest BCUT2D eigenvalue weighted by molar-refractivity contribution is 5.91. The van der Waals surface area contributed by atoms with E-state index in [9.17, 15) is 4.79 Å². The fraction of sp³-hybridized carbons (Fsp3) is 0.357. The fourth-order valence-corrected chi connectivity index (χ4v) is 2.56. The van der Waals surface area contributed by atoms with Crippen LogP contribution in [0.5, 0.6) is 0 Å². The minimum atomic E-state index is 0.125. The summed E-state index contributed by atoms with van der Waals surface area (Å²) < 4.78 is 0. The molecule has 2 heterocycles. The molecule has 2 aromatic rings. The molecular formula is C14H15N3O. The first-order chi connectivity index (χ1) is 8.88. The summed E-state index contributed by atoms with van der Waals surface area (Å²) in [5.74, 6) is 1.03. The number of fused-ring (bicyclic) bond motifs is 1. The van der Waals surface area contributed by atoms with Gasteiger partial charge in [-0.05, 0) is 12.8 Å². The lowest BCUT2D eigenvalue weighted by Crippen LogP contribution is -2.36. The Kier molecular flexibility index (Phi) is 2.92. The number of hydrogen-bond donors (Lipinski definition) is 0. The molecule has 4 nitrogen and oxygen atoms in total. The summed E-state index contributed by atoms with van der Waals surface area (Å²) in [6.07, 6.45) is 4.86. The summed E-state index contributed by atoms with van der Waals surface area (Å²) in [7, 11) is 0. The van der Waals surface area contributed by atoms with Gasteiger partial charge in [0.1, 0.15) is 6.29 Å². The van der Waals surface area contributed by atoms with Gasteiger partial charge in [-0.3, -0.25) is 0 Å². The summed E-state index contributed by atoms with van der Waals surface area (Å²) in [5, 5.41) is 10.5. The van der Waals surface area contributed by atoms with Crippen molar-refractivity contribution in [2.75, 3.05) is 18.0 Å². The maximum absolute atomic E-state index is 10.9. The SMILES string of the molecule is O=CC1CCCN(c2nncc3ccccc23)C1. The van der Waals surface area contributed by atoms with Crippen molar-refractivity contribution >= 4 is 22.9 Å². The van der Waals surface area contributed by atoms with E-state index in [0.717, 1.165) is 48.8 Å². The Bertz CT molecular complexity index is 564. The van der Waals surface area contributed by atoms with Crippen molar-refractivity contribution < 1.29 is 4.79 Å². The highest BCUT2D eigenvalue weighted by Crippen LogP contribution is 2.26. The van der Waals surface area contributed by atoms with Gasteiger partial charge in [0.15, 0.2) is 5.82 Å². The average molecular weight is 241 g/mol. The van der Waals surface area contributed by atoms with Crippen LogP contribution in [0.25, 0.3) is 10.8 Å². The van der Waals surface area contributed by atoms with Crippen LogP contribution in [-0.2, 0) is 4.79 Å². The van der Waals surface area contributed by atoms with Gasteiger partial charge >= 0.3 is 0 Å². The van der Waals surface area contributed by atoms with Crippen molar-refractivity contribution in [3.8, 4) is 0 Å². The molecule has 0 radical (unpaired) electrons. The monoisotopic (exact) mass is 241 g/mol. The second kappa shape index (κ2) is 4.72. The molecule has 0 amide bonds. The normalized spacial score (nSPS) is 20.0. The van der Waals surface area contributed by atoms with E-state index in [0.29, 0.717) is 0 Å². The van der Waals surface area contributed by atoms with Gasteiger partial charge in [-0.25, -0.2) is 0 Å². The van der Waals surface area contributed by atoms with E-state index in [1.807, 2.05) is 18.2 Å². The largest absolute Gasteiger partial charge is 0.354 e. The van der Waals surface area contributed by atoms with Crippen LogP contribution in [0.1, 0.15) is 12.8 Å². The summed E-state index contributed by atoms with van der Waals surface area (Å²) in [6, 6.07) is 8.10. The van der Waals surface area contributed by atoms with E-state index in [1.54, 1.807) is 6.20 Å². The number of rotatable bonds is 2. The maximum atomic E-state index is 10.9. The minimum Gasteiger partial charge on any atom is -0.354 e. The molecule has 1 atom stereocenters. The van der Waals surface area contributed by atoms with Crippen LogP contribution in [0, 0.1) is 5.92 Å². The number of piperidine rings is 1. The number of aldehydes is 1. The topological polar surface area (TPSA) is 46.1 Å². The summed E-state index contributed by atoms with van der Waals surface area (Å²) >= 11 is 0. The Morgan fingerprint density at radius 2 is 2.22 bits per heavy atom. The van der Waals surface area contributed by atoms with Crippen molar-refractivity contribution in [1.82, 2.24) is 10.2 Å². The molecule has 3 rings (SSSR count). The van der Waals surface area contributed by atoms with Crippen LogP contribution in [0.3, 0.4) is 0 Å². The van der Waals surface area contributed by atoms with Gasteiger partial charge in [-0.2, -0.15) is 5.10 Å². The lowest BCUT2D eigenvalue weighted by Gasteiger charge is -2.31. The molecule has 0 N–H and O–H groups in total. The third-order valence-electron chi connectivity index (χ3n) is 3.50. The maximum Gasteiger partial charge on any atom is 0.159 e. The Hall–Kier alpha value is -1.97. The highest BCUT2D eigenvalue weighted by atomic mass is 16.1. The molecule has 18 heavy (non-hydrogen) atoms. The fourth-order valence-electron chi connectivity index (χ4n) is 2.56. The number of carbonyl (C=O) groups is 1. The summed E-state index contributed by atoms with van der Waals surface area (Å²) in [4.78, 5) is 13.1. The number of nitrogens with zero attached hydrogens (tertiary/aromatic N) is 3. The first-order valence-electron chi connectivity index (χ1n) is 6.29. The molecule has 1 unspecified atom stereocenters. The van der Waals surface area contributed by atoms with Gasteiger partial charge in [-0.1, -0.05) is 24.3 Å². The second-order valence-corrected chi connectivity index (χ2v) is 4.74. The summed E-state index contributed by atoms with van der Waals surface area (Å²) in [6.45, 7) is 1.71. The van der Waals surface area contributed by atoms with Crippen molar-refractivity contribution in [2.24, 2.45) is 5.92 Å². The predicted octanol–water partition coefficient (Wildman–Crippen LogP) is 2.05. The van der Waals surface area contributed by atoms with Crippen molar-refractivity contribution in [3.05, 3.63) is 30.5 Å². The van der Waals surface area contributed by atoms with Crippen LogP contribution in [0.15, 0.2) is 30.5 Å². The van der Waals surface area contributed by atoms with Gasteiger partial charge < -0.3 is 9.69 Å². The van der Waals surface area contributed by atoms with Crippen LogP contribution >= 0.6 is 0 Å². The van der Waals surface area contributed by atoms with Crippen LogP contribution in [0.4, 0.5) is 5.82 Å². The van der Waals surface area contributed by atoms with E-state index in [1.165, 1.54) is 0 Å². The third kappa shape index (κ3) is 1.94. The smallest absolute Gasteiger partial charge is 0.159 e. The molecule has 4 heteroatoms. The van der Waals surface area contributed by atoms with Crippen LogP contribution < -0.4 is 4.90 Å². The summed E-state index contributed by atoms with van der Waals surface area (Å²) in [5.41, 5.74) is 0. The molecule has 0 bridgehead atoms. The molecular weight excluding hydrogens is 226 g/mol. The lowest BCUT2D eigenvalue weighted by molar-refractivity contribution is -0.111. The molecule has 0 spiro atoms. The predicted molar refractivity (Wildman–Crippen MR) is 70.5 cm³/mol. The average Bonchev–Trinajstić information content (AvgIpc) is 2.47. The highest BCUT2D eigenvalue weighted by Gasteiger charge is 2.21. The van der Waals surface area contributed by atoms with Gasteiger partial charge in [0.05, 0.1) is 6.20 Å². The molecule has 0 saturated carbocycles. The zero-order chi connectivity index (χ0) is 12.4. The number of benzene rings is 1. The number of aromatic nitrogens is 2. The van der Waals surface area contributed by atoms with Crippen LogP contribution in [0.2, 0.25) is 0 Å². The van der Waals surface area contributed by atoms with E-state index in [2.05, 4.69) is 21.2 Å². The molecule has 1 aliphatic heterocycles. The molecule has 92 valence electrons. The number of anilines is 1. The Labute approximate surface area is 106 Å². The van der Waals surface area contributed by atoms with E-state index in [-0.39, 0.29) is 5.92 Å². The lowest BCUT2D eigenvalue weighted by atomic mass is 9.99. The number of hydrogen-bond acceptors (Lipinski definition) is 4. The molecule has 1 aliphatic rings. The van der Waals surface area contributed by atoms with Gasteiger partial charge in [0, 0.05) is 29.8 Å². The van der Waals surface area contributed by atoms with Crippen molar-refractivity contribution in [3.63, 3.8) is 0 Å². The zero-order valence-electron chi connectivity index (χ0n) is 10.1. The van der Waals surface area contributed by atoms with Gasteiger partial charge in [0.25, 0.3) is 0 Å². The first kappa shape index (κ1) is 11.1. The van der Waals surface area contributed by atoms with Gasteiger partial charge in [-0.15, -0.1) is 5.10 Å². The van der Waals surface area contributed by atoms with Gasteiger partial charge in [0.2, 0.25) is 0 Å². The first-order valence-corrected chi connectivity index (χ1v) is 6.29. The number of carbonyl (C=O) groups excluding carboxylic acids is 1. The third-order valence-corrected chi connectivity index (χ3v) is 3.50. The Balaban J connectivity index is 2.00. The molecule has 0 aliphatic carbocycles. The van der Waals surface area contributed by atoms with Crippen molar-refractivity contribution in [1.29, 1.82) is 0 Å². The van der Waals surface area contributed by atoms with E-state index >= 15 is 0 Å². The standard InChI is InChI=1S/C14H15N3O/c18-10-11-4-3-7-17(9-11)14-13-6-2-1-5-12(13)8-15-16-14/h1-2,5-6,8,10-11H,3-4,7,9H2. The Morgan fingerprint density at radius 3 is 3.11 bits per heavy atom. The quantitative estimate of drug-likeness (QED) is 0.755. The second-order valence-electron chi connectivity index (χ2n) is 4.74.